The smallest absolute Gasteiger partial charge is 0.196 e. The first-order valence-corrected chi connectivity index (χ1v) is 12.7. The molecule has 0 radical (unpaired) electrons. The van der Waals surface area contributed by atoms with Gasteiger partial charge in [-0.25, -0.2) is 9.97 Å². The maximum atomic E-state index is 13.5. The lowest BCUT2D eigenvalue weighted by molar-refractivity contribution is 0.225. The van der Waals surface area contributed by atoms with Crippen LogP contribution in [0.25, 0.3) is 32.5 Å². The summed E-state index contributed by atoms with van der Waals surface area (Å²) in [5.74, 6) is 0.824. The van der Waals surface area contributed by atoms with Crippen molar-refractivity contribution in [2.24, 2.45) is 0 Å². The third kappa shape index (κ3) is 4.23. The number of nitrogens with zero attached hydrogens (tertiary/aromatic N) is 3. The van der Waals surface area contributed by atoms with Crippen LogP contribution in [0.2, 0.25) is 5.15 Å². The van der Waals surface area contributed by atoms with E-state index in [-0.39, 0.29) is 16.3 Å². The quantitative estimate of drug-likeness (QED) is 0.228. The molecule has 180 valence electrons. The van der Waals surface area contributed by atoms with Gasteiger partial charge in [-0.1, -0.05) is 18.5 Å². The van der Waals surface area contributed by atoms with E-state index in [1.54, 1.807) is 30.4 Å². The molecule has 0 N–H and O–H groups in total. The van der Waals surface area contributed by atoms with Crippen LogP contribution in [0.1, 0.15) is 47.3 Å². The van der Waals surface area contributed by atoms with E-state index < -0.39 is 6.10 Å². The highest BCUT2D eigenvalue weighted by molar-refractivity contribution is 7.18. The van der Waals surface area contributed by atoms with Gasteiger partial charge in [-0.3, -0.25) is 4.79 Å². The van der Waals surface area contributed by atoms with E-state index in [9.17, 15) is 10.1 Å². The lowest BCUT2D eigenvalue weighted by Crippen LogP contribution is -2.11. The van der Waals surface area contributed by atoms with Crippen LogP contribution in [-0.4, -0.2) is 9.97 Å². The number of aryl methyl sites for hydroxylation is 2. The summed E-state index contributed by atoms with van der Waals surface area (Å²) in [5.41, 5.74) is 4.36. The largest absolute Gasteiger partial charge is 0.483 e. The van der Waals surface area contributed by atoms with E-state index in [1.807, 2.05) is 50.2 Å². The van der Waals surface area contributed by atoms with Crippen molar-refractivity contribution in [1.29, 1.82) is 5.26 Å². The van der Waals surface area contributed by atoms with Crippen LogP contribution in [0.4, 0.5) is 0 Å². The molecule has 0 bridgehead atoms. The van der Waals surface area contributed by atoms with Crippen LogP contribution >= 0.6 is 22.9 Å². The molecule has 0 saturated heterocycles. The summed E-state index contributed by atoms with van der Waals surface area (Å²) in [6.07, 6.45) is 0.341. The van der Waals surface area contributed by atoms with E-state index in [1.165, 1.54) is 0 Å². The van der Waals surface area contributed by atoms with Crippen molar-refractivity contribution in [2.75, 3.05) is 0 Å². The van der Waals surface area contributed by atoms with Crippen LogP contribution in [0, 0.1) is 25.2 Å². The number of rotatable bonds is 5. The SMILES string of the molecule is CCc1nc2ccc(-c3oc4c([C@@H](C)Oc5ccc(Cl)nc5C#N)cc(C)cc4c(=O)c3C)cc2s1. The first-order chi connectivity index (χ1) is 17.3. The highest BCUT2D eigenvalue weighted by atomic mass is 35.5. The van der Waals surface area contributed by atoms with Crippen molar-refractivity contribution in [3.05, 3.63) is 85.2 Å². The zero-order chi connectivity index (χ0) is 25.6. The van der Waals surface area contributed by atoms with Crippen LogP contribution in [-0.2, 0) is 6.42 Å². The van der Waals surface area contributed by atoms with Crippen molar-refractivity contribution in [2.45, 2.75) is 40.2 Å². The third-order valence-corrected chi connectivity index (χ3v) is 7.43. The summed E-state index contributed by atoms with van der Waals surface area (Å²) in [6, 6.07) is 14.9. The summed E-state index contributed by atoms with van der Waals surface area (Å²) in [7, 11) is 0. The summed E-state index contributed by atoms with van der Waals surface area (Å²) in [4.78, 5) is 22.1. The second-order valence-electron chi connectivity index (χ2n) is 8.61. The van der Waals surface area contributed by atoms with E-state index >= 15 is 0 Å². The Labute approximate surface area is 216 Å². The molecule has 0 aliphatic heterocycles. The lowest BCUT2D eigenvalue weighted by Gasteiger charge is -2.18. The fraction of sp³-hybridized carbons (Fsp3) is 0.214. The number of benzene rings is 2. The van der Waals surface area contributed by atoms with E-state index in [4.69, 9.17) is 20.8 Å². The molecule has 0 aliphatic rings. The molecule has 0 fully saturated rings. The fourth-order valence-corrected chi connectivity index (χ4v) is 5.36. The fourth-order valence-electron chi connectivity index (χ4n) is 4.26. The van der Waals surface area contributed by atoms with Gasteiger partial charge in [0.1, 0.15) is 28.7 Å². The van der Waals surface area contributed by atoms with Gasteiger partial charge in [0.2, 0.25) is 0 Å². The van der Waals surface area contributed by atoms with Crippen molar-refractivity contribution in [3.8, 4) is 23.1 Å². The Morgan fingerprint density at radius 2 is 1.97 bits per heavy atom. The number of hydrogen-bond acceptors (Lipinski definition) is 7. The third-order valence-electron chi connectivity index (χ3n) is 6.06. The molecule has 0 unspecified atom stereocenters. The van der Waals surface area contributed by atoms with Gasteiger partial charge in [0, 0.05) is 16.7 Å². The number of aromatic nitrogens is 2. The zero-order valence-corrected chi connectivity index (χ0v) is 21.8. The van der Waals surface area contributed by atoms with Crippen molar-refractivity contribution in [3.63, 3.8) is 0 Å². The Bertz CT molecular complexity index is 1750. The molecule has 8 heteroatoms. The van der Waals surface area contributed by atoms with Gasteiger partial charge in [0.05, 0.1) is 20.6 Å². The molecule has 5 aromatic rings. The summed E-state index contributed by atoms with van der Waals surface area (Å²) in [5, 5.41) is 11.2. The first kappa shape index (κ1) is 24.0. The average Bonchev–Trinajstić information content (AvgIpc) is 3.29. The minimum absolute atomic E-state index is 0.0899. The Kier molecular flexibility index (Phi) is 6.25. The molecule has 0 spiro atoms. The molecular weight excluding hydrogens is 494 g/mol. The van der Waals surface area contributed by atoms with Gasteiger partial charge in [0.25, 0.3) is 0 Å². The minimum Gasteiger partial charge on any atom is -0.483 e. The number of hydrogen-bond donors (Lipinski definition) is 0. The highest BCUT2D eigenvalue weighted by Crippen LogP contribution is 2.35. The van der Waals surface area contributed by atoms with Crippen LogP contribution in [0.5, 0.6) is 5.75 Å². The molecule has 1 atom stereocenters. The Morgan fingerprint density at radius 1 is 1.17 bits per heavy atom. The Balaban J connectivity index is 1.66. The lowest BCUT2D eigenvalue weighted by atomic mass is 10.00. The van der Waals surface area contributed by atoms with Crippen LogP contribution < -0.4 is 10.2 Å². The van der Waals surface area contributed by atoms with Gasteiger partial charge in [-0.05, 0) is 75.2 Å². The van der Waals surface area contributed by atoms with E-state index in [2.05, 4.69) is 16.9 Å². The van der Waals surface area contributed by atoms with E-state index in [0.29, 0.717) is 33.6 Å². The Morgan fingerprint density at radius 3 is 2.72 bits per heavy atom. The van der Waals surface area contributed by atoms with E-state index in [0.717, 1.165) is 32.8 Å². The summed E-state index contributed by atoms with van der Waals surface area (Å²) >= 11 is 7.57. The summed E-state index contributed by atoms with van der Waals surface area (Å²) < 4.78 is 13.6. The van der Waals surface area contributed by atoms with Gasteiger partial charge in [0.15, 0.2) is 16.9 Å². The molecule has 3 heterocycles. The number of nitriles is 1. The molecular formula is C28H22ClN3O3S. The molecule has 0 aliphatic carbocycles. The second kappa shape index (κ2) is 9.38. The molecule has 6 nitrogen and oxygen atoms in total. The number of fused-ring (bicyclic) bond motifs is 2. The molecule has 0 saturated carbocycles. The van der Waals surface area contributed by atoms with Gasteiger partial charge >= 0.3 is 0 Å². The zero-order valence-electron chi connectivity index (χ0n) is 20.2. The average molecular weight is 516 g/mol. The monoisotopic (exact) mass is 515 g/mol. The molecule has 3 aromatic heterocycles. The maximum absolute atomic E-state index is 13.5. The number of thiazole rings is 1. The van der Waals surface area contributed by atoms with Crippen molar-refractivity contribution >= 4 is 44.1 Å². The topological polar surface area (TPSA) is 89.0 Å². The predicted molar refractivity (Wildman–Crippen MR) is 143 cm³/mol. The standard InChI is InChI=1S/C28H22ClN3O3S/c1-5-25-32-20-7-6-17(12-23(20)36-25)27-15(3)26(33)19-11-14(2)10-18(28(19)35-27)16(4)34-22-8-9-24(29)31-21(22)13-30/h6-12,16H,5H2,1-4H3/t16-/m1/s1. The van der Waals surface area contributed by atoms with Gasteiger partial charge in [-0.15, -0.1) is 11.3 Å². The first-order valence-electron chi connectivity index (χ1n) is 11.5. The predicted octanol–water partition coefficient (Wildman–Crippen LogP) is 7.31. The van der Waals surface area contributed by atoms with Crippen LogP contribution in [0.15, 0.2) is 51.7 Å². The second-order valence-corrected chi connectivity index (χ2v) is 10.1. The number of pyridine rings is 1. The van der Waals surface area contributed by atoms with Crippen molar-refractivity contribution in [1.82, 2.24) is 9.97 Å². The van der Waals surface area contributed by atoms with Gasteiger partial charge in [-0.2, -0.15) is 5.26 Å². The van der Waals surface area contributed by atoms with Crippen LogP contribution in [0.3, 0.4) is 0 Å². The van der Waals surface area contributed by atoms with Gasteiger partial charge < -0.3 is 9.15 Å². The molecule has 5 rings (SSSR count). The highest BCUT2D eigenvalue weighted by Gasteiger charge is 2.21. The Hall–Kier alpha value is -3.73. The molecule has 0 amide bonds. The summed E-state index contributed by atoms with van der Waals surface area (Å²) in [6.45, 7) is 7.64. The molecule has 2 aromatic carbocycles. The number of ether oxygens (including phenoxy) is 1. The normalized spacial score (nSPS) is 12.1. The molecule has 36 heavy (non-hydrogen) atoms. The number of halogens is 1. The van der Waals surface area contributed by atoms with Crippen molar-refractivity contribution < 1.29 is 9.15 Å². The maximum Gasteiger partial charge on any atom is 0.196 e. The minimum atomic E-state index is -0.530.